The Morgan fingerprint density at radius 2 is 1.97 bits per heavy atom. The Labute approximate surface area is 184 Å². The van der Waals surface area contributed by atoms with Crippen LogP contribution in [0.5, 0.6) is 5.75 Å². The number of carbonyl (C=O) groups is 1. The number of hydrogen-bond acceptors (Lipinski definition) is 6. The lowest BCUT2D eigenvalue weighted by Crippen LogP contribution is -2.37. The molecule has 2 aromatic rings. The number of likely N-dealkylation sites (N-methyl/N-ethyl adjacent to an activating group) is 1. The molecule has 1 aromatic heterocycles. The van der Waals surface area contributed by atoms with Crippen LogP contribution in [0.2, 0.25) is 0 Å². The molecule has 172 valence electrons. The average molecular weight is 460 g/mol. The number of ether oxygens (including phenoxy) is 2. The zero-order valence-corrected chi connectivity index (χ0v) is 18.3. The van der Waals surface area contributed by atoms with Gasteiger partial charge in [-0.1, -0.05) is 0 Å². The summed E-state index contributed by atoms with van der Waals surface area (Å²) in [6, 6.07) is 1.22. The highest BCUT2D eigenvalue weighted by Crippen LogP contribution is 2.44. The van der Waals surface area contributed by atoms with Crippen LogP contribution in [0.3, 0.4) is 0 Å². The van der Waals surface area contributed by atoms with Gasteiger partial charge >= 0.3 is 5.97 Å². The Bertz CT molecular complexity index is 1030. The van der Waals surface area contributed by atoms with E-state index in [1.165, 1.54) is 13.3 Å². The van der Waals surface area contributed by atoms with Crippen molar-refractivity contribution in [1.82, 2.24) is 9.88 Å². The third-order valence-electron chi connectivity index (χ3n) is 5.83. The van der Waals surface area contributed by atoms with E-state index in [-0.39, 0.29) is 58.5 Å². The van der Waals surface area contributed by atoms with E-state index < -0.39 is 17.2 Å². The topological polar surface area (TPSA) is 125 Å². The normalized spacial score (nSPS) is 20.3. The number of halogens is 2. The fraction of sp³-hybridized carbons (Fsp3) is 0.500. The Kier molecular flexibility index (Phi) is 7.53. The number of fused-ring (bicyclic) bond motifs is 1. The number of methoxy groups -OCH3 is 2. The molecule has 2 aliphatic rings. The van der Waals surface area contributed by atoms with Crippen LogP contribution >= 0.6 is 12.4 Å². The lowest BCUT2D eigenvalue weighted by Gasteiger charge is -2.24. The van der Waals surface area contributed by atoms with Gasteiger partial charge in [0.15, 0.2) is 11.6 Å². The summed E-state index contributed by atoms with van der Waals surface area (Å²) >= 11 is 0. The zero-order chi connectivity index (χ0) is 20.9. The standard InChI is InChI=1S/C20H24FN3O5.ClH.H2O/c1-22-14-8-23(9-15(14)28-2)17-13(21)6-11-16(19(17)29-3)24(10-4-5-10)7-12(18(11)25)20(26)27;;/h6-7,10,14-15,22H,4-5,8-9H2,1-3H3,(H,26,27);1H;1H2/t14-,15+;;/m1../s1. The van der Waals surface area contributed by atoms with Gasteiger partial charge in [0.2, 0.25) is 5.43 Å². The number of aromatic nitrogens is 1. The van der Waals surface area contributed by atoms with Gasteiger partial charge < -0.3 is 34.8 Å². The predicted molar refractivity (Wildman–Crippen MR) is 117 cm³/mol. The first kappa shape index (κ1) is 24.9. The monoisotopic (exact) mass is 459 g/mol. The molecule has 0 radical (unpaired) electrons. The molecule has 0 amide bonds. The number of benzene rings is 1. The Morgan fingerprint density at radius 3 is 2.45 bits per heavy atom. The number of hydrogen-bond donors (Lipinski definition) is 2. The quantitative estimate of drug-likeness (QED) is 0.665. The summed E-state index contributed by atoms with van der Waals surface area (Å²) in [6.45, 7) is 0.969. The molecule has 2 fully saturated rings. The lowest BCUT2D eigenvalue weighted by atomic mass is 10.1. The van der Waals surface area contributed by atoms with Crippen LogP contribution in [0, 0.1) is 5.82 Å². The molecule has 1 saturated heterocycles. The summed E-state index contributed by atoms with van der Waals surface area (Å²) in [5.41, 5.74) is -0.383. The second-order valence-electron chi connectivity index (χ2n) is 7.53. The van der Waals surface area contributed by atoms with Gasteiger partial charge in [0, 0.05) is 32.4 Å². The maximum Gasteiger partial charge on any atom is 0.341 e. The molecule has 2 heterocycles. The van der Waals surface area contributed by atoms with E-state index in [0.717, 1.165) is 18.9 Å². The van der Waals surface area contributed by atoms with Crippen molar-refractivity contribution in [2.24, 2.45) is 0 Å². The van der Waals surface area contributed by atoms with E-state index in [0.29, 0.717) is 18.6 Å². The van der Waals surface area contributed by atoms with Crippen LogP contribution in [-0.4, -0.2) is 67.6 Å². The van der Waals surface area contributed by atoms with E-state index in [1.807, 2.05) is 11.9 Å². The number of pyridine rings is 1. The van der Waals surface area contributed by atoms with Crippen molar-refractivity contribution >= 4 is 35.0 Å². The molecule has 2 atom stereocenters. The van der Waals surface area contributed by atoms with Gasteiger partial charge in [0.05, 0.1) is 30.2 Å². The minimum atomic E-state index is -1.32. The molecule has 0 spiro atoms. The number of aromatic carboxylic acids is 1. The summed E-state index contributed by atoms with van der Waals surface area (Å²) in [6.07, 6.45) is 2.96. The molecule has 1 aliphatic heterocycles. The van der Waals surface area contributed by atoms with E-state index in [9.17, 15) is 14.7 Å². The number of nitrogens with one attached hydrogen (secondary N) is 1. The largest absolute Gasteiger partial charge is 0.492 e. The third kappa shape index (κ3) is 4.08. The van der Waals surface area contributed by atoms with Crippen LogP contribution in [-0.2, 0) is 4.74 Å². The third-order valence-corrected chi connectivity index (χ3v) is 5.83. The van der Waals surface area contributed by atoms with Gasteiger partial charge in [-0.25, -0.2) is 9.18 Å². The first-order valence-electron chi connectivity index (χ1n) is 9.54. The molecule has 4 N–H and O–H groups in total. The maximum atomic E-state index is 15.3. The molecule has 0 bridgehead atoms. The molecule has 1 aromatic carbocycles. The Balaban J connectivity index is 0.00000171. The number of carboxylic acids is 1. The summed E-state index contributed by atoms with van der Waals surface area (Å²) in [4.78, 5) is 26.1. The van der Waals surface area contributed by atoms with E-state index >= 15 is 4.39 Å². The number of rotatable bonds is 6. The van der Waals surface area contributed by atoms with Crippen LogP contribution in [0.25, 0.3) is 10.9 Å². The molecular weight excluding hydrogens is 433 g/mol. The van der Waals surface area contributed by atoms with Crippen molar-refractivity contribution in [3.8, 4) is 5.75 Å². The fourth-order valence-electron chi connectivity index (χ4n) is 4.20. The second kappa shape index (κ2) is 9.39. The van der Waals surface area contributed by atoms with Gasteiger partial charge in [-0.05, 0) is 26.0 Å². The molecule has 31 heavy (non-hydrogen) atoms. The van der Waals surface area contributed by atoms with Crippen molar-refractivity contribution in [2.75, 3.05) is 39.3 Å². The molecule has 4 rings (SSSR count). The molecule has 1 aliphatic carbocycles. The first-order valence-corrected chi connectivity index (χ1v) is 9.54. The highest BCUT2D eigenvalue weighted by Gasteiger charge is 2.37. The minimum Gasteiger partial charge on any atom is -0.492 e. The Morgan fingerprint density at radius 1 is 1.29 bits per heavy atom. The Hall–Kier alpha value is -2.40. The van der Waals surface area contributed by atoms with Gasteiger partial charge in [-0.2, -0.15) is 0 Å². The van der Waals surface area contributed by atoms with Gasteiger partial charge in [-0.3, -0.25) is 4.79 Å². The zero-order valence-electron chi connectivity index (χ0n) is 17.5. The number of nitrogens with zero attached hydrogens (tertiary/aromatic N) is 2. The van der Waals surface area contributed by atoms with Crippen LogP contribution in [0.1, 0.15) is 29.2 Å². The van der Waals surface area contributed by atoms with E-state index in [2.05, 4.69) is 5.32 Å². The maximum absolute atomic E-state index is 15.3. The highest BCUT2D eigenvalue weighted by molar-refractivity contribution is 5.97. The van der Waals surface area contributed by atoms with Gasteiger partial charge in [0.1, 0.15) is 11.3 Å². The van der Waals surface area contributed by atoms with Crippen molar-refractivity contribution in [1.29, 1.82) is 0 Å². The molecule has 11 heteroatoms. The van der Waals surface area contributed by atoms with Crippen LogP contribution in [0.15, 0.2) is 17.1 Å². The summed E-state index contributed by atoms with van der Waals surface area (Å²) in [5.74, 6) is -1.70. The summed E-state index contributed by atoms with van der Waals surface area (Å²) in [7, 11) is 4.88. The van der Waals surface area contributed by atoms with Gasteiger partial charge in [-0.15, -0.1) is 12.4 Å². The van der Waals surface area contributed by atoms with E-state index in [1.54, 1.807) is 11.7 Å². The van der Waals surface area contributed by atoms with Gasteiger partial charge in [0.25, 0.3) is 0 Å². The summed E-state index contributed by atoms with van der Waals surface area (Å²) in [5, 5.41) is 12.6. The number of carboxylic acid groups (broad SMARTS) is 1. The first-order chi connectivity index (χ1) is 13.9. The average Bonchev–Trinajstić information content (AvgIpc) is 3.46. The molecule has 0 unspecified atom stereocenters. The van der Waals surface area contributed by atoms with Crippen LogP contribution in [0.4, 0.5) is 10.1 Å². The summed E-state index contributed by atoms with van der Waals surface area (Å²) < 4.78 is 28.1. The molecule has 1 saturated carbocycles. The van der Waals surface area contributed by atoms with Crippen molar-refractivity contribution in [3.05, 3.63) is 33.9 Å². The van der Waals surface area contributed by atoms with Crippen LogP contribution < -0.4 is 20.4 Å². The number of anilines is 1. The molecular formula is C20H27ClFN3O6. The highest BCUT2D eigenvalue weighted by atomic mass is 35.5. The lowest BCUT2D eigenvalue weighted by molar-refractivity contribution is 0.0694. The predicted octanol–water partition coefficient (Wildman–Crippen LogP) is 1.20. The van der Waals surface area contributed by atoms with Crippen molar-refractivity contribution < 1.29 is 29.2 Å². The smallest absolute Gasteiger partial charge is 0.341 e. The molecule has 9 nitrogen and oxygen atoms in total. The van der Waals surface area contributed by atoms with Crippen molar-refractivity contribution in [3.63, 3.8) is 0 Å². The SMILES string of the molecule is CN[C@@H]1CN(c2c(F)cc3c(=O)c(C(=O)O)cn(C4CC4)c3c2OC)C[C@@H]1OC.Cl.O. The fourth-order valence-corrected chi connectivity index (χ4v) is 4.20. The second-order valence-corrected chi connectivity index (χ2v) is 7.53. The van der Waals surface area contributed by atoms with Crippen molar-refractivity contribution in [2.45, 2.75) is 31.0 Å². The minimum absolute atomic E-state index is 0. The van der Waals surface area contributed by atoms with E-state index in [4.69, 9.17) is 9.47 Å².